The number of amides is 1. The Bertz CT molecular complexity index is 1380. The first-order chi connectivity index (χ1) is 16.6. The molecule has 3 aromatic carbocycles. The first-order valence-electron chi connectivity index (χ1n) is 10.6. The summed E-state index contributed by atoms with van der Waals surface area (Å²) in [5.74, 6) is -0.322. The van der Waals surface area contributed by atoms with Crippen LogP contribution in [0.5, 0.6) is 0 Å². The Balaban J connectivity index is 1.63. The molecule has 0 saturated carbocycles. The van der Waals surface area contributed by atoms with Crippen molar-refractivity contribution in [1.82, 2.24) is 9.55 Å². The van der Waals surface area contributed by atoms with Crippen LogP contribution in [0.1, 0.15) is 44.4 Å². The number of aromatic nitrogens is 2. The van der Waals surface area contributed by atoms with E-state index in [1.807, 2.05) is 41.9 Å². The van der Waals surface area contributed by atoms with E-state index in [2.05, 4.69) is 22.4 Å². The van der Waals surface area contributed by atoms with E-state index in [1.165, 1.54) is 0 Å². The lowest BCUT2D eigenvalue weighted by Crippen LogP contribution is -2.16. The van der Waals surface area contributed by atoms with Gasteiger partial charge in [0.25, 0.3) is 5.91 Å². The number of rotatable bonds is 7. The Labute approximate surface area is 197 Å². The van der Waals surface area contributed by atoms with Gasteiger partial charge in [-0.1, -0.05) is 36.4 Å². The van der Waals surface area contributed by atoms with Gasteiger partial charge in [0.2, 0.25) is 0 Å². The van der Waals surface area contributed by atoms with Gasteiger partial charge < -0.3 is 14.6 Å². The summed E-state index contributed by atoms with van der Waals surface area (Å²) in [6.45, 7) is 0.124. The normalized spacial score (nSPS) is 11.3. The Morgan fingerprint density at radius 3 is 2.38 bits per heavy atom. The highest BCUT2D eigenvalue weighted by atomic mass is 16.5. The van der Waals surface area contributed by atoms with Gasteiger partial charge in [-0.05, 0) is 47.5 Å². The molecule has 0 bridgehead atoms. The number of aryl methyl sites for hydroxylation is 1. The second kappa shape index (κ2) is 10.3. The molecule has 1 heterocycles. The predicted octanol–water partition coefficient (Wildman–Crippen LogP) is 4.72. The van der Waals surface area contributed by atoms with Crippen molar-refractivity contribution in [3.63, 3.8) is 0 Å². The fourth-order valence-electron chi connectivity index (χ4n) is 3.58. The van der Waals surface area contributed by atoms with Gasteiger partial charge in [-0.15, -0.1) is 0 Å². The maximum Gasteiger partial charge on any atom is 0.256 e. The number of anilines is 1. The van der Waals surface area contributed by atoms with Crippen LogP contribution in [0.2, 0.25) is 0 Å². The number of ether oxygens (including phenoxy) is 1. The number of hydrogen-bond donors (Lipinski definition) is 1. The van der Waals surface area contributed by atoms with E-state index < -0.39 is 6.10 Å². The Kier molecular flexibility index (Phi) is 6.78. The van der Waals surface area contributed by atoms with Crippen molar-refractivity contribution in [1.29, 1.82) is 10.5 Å². The van der Waals surface area contributed by atoms with Crippen molar-refractivity contribution in [2.75, 3.05) is 5.32 Å². The Morgan fingerprint density at radius 2 is 1.74 bits per heavy atom. The van der Waals surface area contributed by atoms with Crippen LogP contribution in [0.3, 0.4) is 0 Å². The number of hydrogen-bond acceptors (Lipinski definition) is 5. The van der Waals surface area contributed by atoms with Crippen molar-refractivity contribution in [2.45, 2.75) is 12.7 Å². The molecule has 7 nitrogen and oxygen atoms in total. The van der Waals surface area contributed by atoms with E-state index in [0.29, 0.717) is 27.9 Å². The molecule has 0 spiro atoms. The van der Waals surface area contributed by atoms with E-state index in [-0.39, 0.29) is 12.5 Å². The largest absolute Gasteiger partial charge is 0.362 e. The molecule has 166 valence electrons. The van der Waals surface area contributed by atoms with Gasteiger partial charge in [-0.2, -0.15) is 10.5 Å². The summed E-state index contributed by atoms with van der Waals surface area (Å²) in [5.41, 5.74) is 4.30. The Morgan fingerprint density at radius 1 is 1.03 bits per heavy atom. The first kappa shape index (κ1) is 22.5. The lowest BCUT2D eigenvalue weighted by atomic mass is 10.0. The second-order valence-electron chi connectivity index (χ2n) is 7.66. The number of carbonyl (C=O) groups is 1. The summed E-state index contributed by atoms with van der Waals surface area (Å²) >= 11 is 0. The van der Waals surface area contributed by atoms with Gasteiger partial charge in [0, 0.05) is 18.3 Å². The zero-order chi connectivity index (χ0) is 23.9. The maximum absolute atomic E-state index is 13.1. The molecule has 4 aromatic rings. The third-order valence-electron chi connectivity index (χ3n) is 5.39. The van der Waals surface area contributed by atoms with Gasteiger partial charge >= 0.3 is 0 Å². The minimum atomic E-state index is -0.471. The molecular formula is C27H21N5O2. The summed E-state index contributed by atoms with van der Waals surface area (Å²) < 4.78 is 8.19. The lowest BCUT2D eigenvalue weighted by Gasteiger charge is -2.20. The van der Waals surface area contributed by atoms with Crippen molar-refractivity contribution < 1.29 is 9.53 Å². The number of carbonyl (C=O) groups excluding carboxylic acids is 1. The number of imidazole rings is 1. The minimum absolute atomic E-state index is 0.124. The van der Waals surface area contributed by atoms with E-state index in [0.717, 1.165) is 11.3 Å². The summed E-state index contributed by atoms with van der Waals surface area (Å²) in [6, 6.07) is 25.5. The molecule has 1 unspecified atom stereocenters. The SMILES string of the molecule is Cn1cncc1C(OCc1ccc(C#N)cc1C(=O)Nc1ccccc1)c1ccc(C#N)cc1. The van der Waals surface area contributed by atoms with E-state index in [9.17, 15) is 10.1 Å². The van der Waals surface area contributed by atoms with Crippen molar-refractivity contribution in [3.8, 4) is 12.1 Å². The van der Waals surface area contributed by atoms with Crippen LogP contribution in [-0.4, -0.2) is 15.5 Å². The van der Waals surface area contributed by atoms with Crippen LogP contribution >= 0.6 is 0 Å². The highest BCUT2D eigenvalue weighted by Crippen LogP contribution is 2.28. The Hall–Kier alpha value is -4.72. The van der Waals surface area contributed by atoms with Crippen LogP contribution in [0.15, 0.2) is 85.3 Å². The smallest absolute Gasteiger partial charge is 0.256 e. The highest BCUT2D eigenvalue weighted by molar-refractivity contribution is 6.05. The van der Waals surface area contributed by atoms with Crippen molar-refractivity contribution >= 4 is 11.6 Å². The minimum Gasteiger partial charge on any atom is -0.362 e. The van der Waals surface area contributed by atoms with Gasteiger partial charge in [-0.3, -0.25) is 4.79 Å². The van der Waals surface area contributed by atoms with Gasteiger partial charge in [-0.25, -0.2) is 4.98 Å². The molecule has 4 rings (SSSR count). The van der Waals surface area contributed by atoms with Crippen LogP contribution in [0.25, 0.3) is 0 Å². The monoisotopic (exact) mass is 447 g/mol. The zero-order valence-corrected chi connectivity index (χ0v) is 18.5. The molecule has 0 saturated heterocycles. The molecule has 1 amide bonds. The fraction of sp³-hybridized carbons (Fsp3) is 0.111. The van der Waals surface area contributed by atoms with E-state index in [1.54, 1.807) is 55.0 Å². The molecule has 0 aliphatic carbocycles. The average Bonchev–Trinajstić information content (AvgIpc) is 3.30. The van der Waals surface area contributed by atoms with E-state index >= 15 is 0 Å². The maximum atomic E-state index is 13.1. The lowest BCUT2D eigenvalue weighted by molar-refractivity contribution is 0.0614. The topological polar surface area (TPSA) is 104 Å². The van der Waals surface area contributed by atoms with Crippen LogP contribution < -0.4 is 5.32 Å². The molecule has 0 aliphatic heterocycles. The molecule has 1 N–H and O–H groups in total. The predicted molar refractivity (Wildman–Crippen MR) is 127 cm³/mol. The van der Waals surface area contributed by atoms with E-state index in [4.69, 9.17) is 10.00 Å². The number of nitriles is 2. The summed E-state index contributed by atoms with van der Waals surface area (Å²) in [4.78, 5) is 17.3. The van der Waals surface area contributed by atoms with Gasteiger partial charge in [0.15, 0.2) is 0 Å². The highest BCUT2D eigenvalue weighted by Gasteiger charge is 2.20. The summed E-state index contributed by atoms with van der Waals surface area (Å²) in [5, 5.41) is 21.3. The fourth-order valence-corrected chi connectivity index (χ4v) is 3.58. The number of nitrogens with one attached hydrogen (secondary N) is 1. The number of benzene rings is 3. The van der Waals surface area contributed by atoms with Gasteiger partial charge in [0.1, 0.15) is 6.10 Å². The summed E-state index contributed by atoms with van der Waals surface area (Å²) in [7, 11) is 1.88. The van der Waals surface area contributed by atoms with Crippen molar-refractivity contribution in [2.24, 2.45) is 7.05 Å². The van der Waals surface area contributed by atoms with Crippen LogP contribution in [0, 0.1) is 22.7 Å². The third-order valence-corrected chi connectivity index (χ3v) is 5.39. The average molecular weight is 447 g/mol. The quantitative estimate of drug-likeness (QED) is 0.441. The van der Waals surface area contributed by atoms with Crippen LogP contribution in [-0.2, 0) is 18.4 Å². The molecule has 0 radical (unpaired) electrons. The molecule has 7 heteroatoms. The zero-order valence-electron chi connectivity index (χ0n) is 18.5. The molecule has 0 fully saturated rings. The third kappa shape index (κ3) is 5.02. The standard InChI is InChI=1S/C27H21N5O2/c1-32-18-30-16-25(32)26(21-10-7-19(14-28)8-11-21)34-17-22-12-9-20(15-29)13-24(22)27(33)31-23-5-3-2-4-6-23/h2-13,16,18,26H,17H2,1H3,(H,31,33). The first-order valence-corrected chi connectivity index (χ1v) is 10.6. The van der Waals surface area contributed by atoms with Crippen molar-refractivity contribution in [3.05, 3.63) is 119 Å². The second-order valence-corrected chi connectivity index (χ2v) is 7.66. The summed E-state index contributed by atoms with van der Waals surface area (Å²) in [6.07, 6.45) is 2.95. The molecule has 34 heavy (non-hydrogen) atoms. The number of para-hydroxylation sites is 1. The molecule has 1 aromatic heterocycles. The number of nitrogens with zero attached hydrogens (tertiary/aromatic N) is 4. The van der Waals surface area contributed by atoms with Crippen LogP contribution in [0.4, 0.5) is 5.69 Å². The molecular weight excluding hydrogens is 426 g/mol. The molecule has 0 aliphatic rings. The van der Waals surface area contributed by atoms with Gasteiger partial charge in [0.05, 0.1) is 48.1 Å². The molecule has 1 atom stereocenters.